The molecule has 3 unspecified atom stereocenters. The summed E-state index contributed by atoms with van der Waals surface area (Å²) in [6.07, 6.45) is -12.9. The summed E-state index contributed by atoms with van der Waals surface area (Å²) in [7, 11) is -3.93. The van der Waals surface area contributed by atoms with E-state index in [1.54, 1.807) is 34.6 Å². The fourth-order valence-electron chi connectivity index (χ4n) is 3.90. The van der Waals surface area contributed by atoms with Gasteiger partial charge in [-0.25, -0.2) is 0 Å². The van der Waals surface area contributed by atoms with E-state index in [4.69, 9.17) is 4.18 Å². The molecular formula is C18H30F6O4S. The van der Waals surface area contributed by atoms with Crippen molar-refractivity contribution in [2.24, 2.45) is 17.3 Å². The lowest BCUT2D eigenvalue weighted by Crippen LogP contribution is -2.57. The molecule has 0 aromatic rings. The second kappa shape index (κ2) is 7.85. The lowest BCUT2D eigenvalue weighted by Gasteiger charge is -2.37. The normalized spacial score (nSPS) is 26.3. The van der Waals surface area contributed by atoms with Crippen LogP contribution in [0.2, 0.25) is 0 Å². The quantitative estimate of drug-likeness (QED) is 0.422. The van der Waals surface area contributed by atoms with Crippen LogP contribution in [-0.4, -0.2) is 42.3 Å². The van der Waals surface area contributed by atoms with E-state index in [2.05, 4.69) is 0 Å². The van der Waals surface area contributed by atoms with Crippen LogP contribution in [0.15, 0.2) is 0 Å². The molecule has 0 aliphatic carbocycles. The summed E-state index contributed by atoms with van der Waals surface area (Å²) in [4.78, 5) is 0. The minimum atomic E-state index is -5.87. The average molecular weight is 456 g/mol. The predicted octanol–water partition coefficient (Wildman–Crippen LogP) is 5.21. The molecule has 174 valence electrons. The molecule has 1 heterocycles. The SMILES string of the molecule is CCC(CC(C)CC(O)(C(F)(F)F)C(F)(F)F)CC1C(C)(C)C(C)(C)OS1(=O)=O. The maximum absolute atomic E-state index is 12.9. The molecule has 0 spiro atoms. The van der Waals surface area contributed by atoms with E-state index in [0.717, 1.165) is 0 Å². The highest BCUT2D eigenvalue weighted by Crippen LogP contribution is 2.51. The van der Waals surface area contributed by atoms with Gasteiger partial charge in [0.1, 0.15) is 0 Å². The zero-order chi connectivity index (χ0) is 23.3. The largest absolute Gasteiger partial charge is 0.426 e. The third-order valence-electron chi connectivity index (χ3n) is 6.47. The third-order valence-corrected chi connectivity index (χ3v) is 8.60. The zero-order valence-corrected chi connectivity index (χ0v) is 18.2. The molecule has 0 aromatic heterocycles. The van der Waals surface area contributed by atoms with Crippen molar-refractivity contribution in [1.29, 1.82) is 0 Å². The summed E-state index contributed by atoms with van der Waals surface area (Å²) in [5.41, 5.74) is -6.60. The molecular weight excluding hydrogens is 426 g/mol. The van der Waals surface area contributed by atoms with Crippen LogP contribution in [-0.2, 0) is 14.3 Å². The number of aliphatic hydroxyl groups is 1. The van der Waals surface area contributed by atoms with Crippen LogP contribution >= 0.6 is 0 Å². The van der Waals surface area contributed by atoms with Gasteiger partial charge >= 0.3 is 12.4 Å². The van der Waals surface area contributed by atoms with Gasteiger partial charge in [-0.2, -0.15) is 34.8 Å². The van der Waals surface area contributed by atoms with Gasteiger partial charge in [-0.3, -0.25) is 4.18 Å². The van der Waals surface area contributed by atoms with E-state index in [0.29, 0.717) is 6.42 Å². The van der Waals surface area contributed by atoms with Gasteiger partial charge in [0, 0.05) is 5.41 Å². The number of alkyl halides is 6. The van der Waals surface area contributed by atoms with Crippen molar-refractivity contribution in [3.05, 3.63) is 0 Å². The monoisotopic (exact) mass is 456 g/mol. The van der Waals surface area contributed by atoms with Gasteiger partial charge in [0.2, 0.25) is 0 Å². The van der Waals surface area contributed by atoms with Gasteiger partial charge in [0.15, 0.2) is 0 Å². The van der Waals surface area contributed by atoms with Crippen molar-refractivity contribution >= 4 is 10.1 Å². The molecule has 1 saturated heterocycles. The van der Waals surface area contributed by atoms with Crippen molar-refractivity contribution in [1.82, 2.24) is 0 Å². The Balaban J connectivity index is 3.02. The number of hydrogen-bond acceptors (Lipinski definition) is 4. The van der Waals surface area contributed by atoms with Crippen molar-refractivity contribution in [3.63, 3.8) is 0 Å². The predicted molar refractivity (Wildman–Crippen MR) is 95.5 cm³/mol. The van der Waals surface area contributed by atoms with Crippen molar-refractivity contribution in [3.8, 4) is 0 Å². The van der Waals surface area contributed by atoms with E-state index in [1.807, 2.05) is 0 Å². The van der Waals surface area contributed by atoms with Gasteiger partial charge in [0.05, 0.1) is 10.9 Å². The van der Waals surface area contributed by atoms with Gasteiger partial charge in [0.25, 0.3) is 15.7 Å². The Morgan fingerprint density at radius 1 is 1.03 bits per heavy atom. The number of rotatable bonds is 7. The minimum absolute atomic E-state index is 0.0517. The van der Waals surface area contributed by atoms with Crippen LogP contribution in [0, 0.1) is 17.3 Å². The van der Waals surface area contributed by atoms with Gasteiger partial charge in [-0.1, -0.05) is 34.1 Å². The molecule has 29 heavy (non-hydrogen) atoms. The van der Waals surface area contributed by atoms with Gasteiger partial charge in [-0.15, -0.1) is 0 Å². The summed E-state index contributed by atoms with van der Waals surface area (Å²) in [6, 6.07) is 0. The van der Waals surface area contributed by atoms with E-state index in [-0.39, 0.29) is 12.8 Å². The molecule has 1 rings (SSSR count). The molecule has 0 radical (unpaired) electrons. The summed E-state index contributed by atoms with van der Waals surface area (Å²) in [5.74, 6) is -1.60. The average Bonchev–Trinajstić information content (AvgIpc) is 2.58. The van der Waals surface area contributed by atoms with Crippen LogP contribution in [0.4, 0.5) is 26.3 Å². The molecule has 4 nitrogen and oxygen atoms in total. The standard InChI is InChI=1S/C18H30F6O4S/c1-7-12(9-13-14(3,4)15(5,6)28-29(13,26)27)8-11(2)10-16(25,17(19,20)21)18(22,23)24/h11-13,25H,7-10H2,1-6H3. The van der Waals surface area contributed by atoms with Crippen LogP contribution < -0.4 is 0 Å². The number of halogens is 6. The Bertz CT molecular complexity index is 667. The molecule has 1 aliphatic heterocycles. The summed E-state index contributed by atoms with van der Waals surface area (Å²) in [5, 5.41) is 8.45. The highest BCUT2D eigenvalue weighted by Gasteiger charge is 2.70. The Morgan fingerprint density at radius 3 is 1.79 bits per heavy atom. The van der Waals surface area contributed by atoms with Crippen LogP contribution in [0.1, 0.15) is 67.2 Å². The highest BCUT2D eigenvalue weighted by atomic mass is 32.2. The fraction of sp³-hybridized carbons (Fsp3) is 1.00. The molecule has 1 N–H and O–H groups in total. The van der Waals surface area contributed by atoms with Crippen molar-refractivity contribution < 1.29 is 44.0 Å². The molecule has 11 heteroatoms. The van der Waals surface area contributed by atoms with Crippen molar-refractivity contribution in [2.75, 3.05) is 0 Å². The Kier molecular flexibility index (Phi) is 7.17. The third kappa shape index (κ3) is 5.03. The molecule has 0 amide bonds. The molecule has 0 bridgehead atoms. The highest BCUT2D eigenvalue weighted by molar-refractivity contribution is 7.87. The molecule has 1 fully saturated rings. The molecule has 0 saturated carbocycles. The first-order valence-corrected chi connectivity index (χ1v) is 10.9. The lowest BCUT2D eigenvalue weighted by molar-refractivity contribution is -0.372. The zero-order valence-electron chi connectivity index (χ0n) is 17.4. The van der Waals surface area contributed by atoms with Crippen molar-refractivity contribution in [2.45, 2.75) is 96.0 Å². The smallest absolute Gasteiger partial charge is 0.374 e. The van der Waals surface area contributed by atoms with E-state index in [1.165, 1.54) is 6.92 Å². The maximum Gasteiger partial charge on any atom is 0.426 e. The first-order valence-electron chi connectivity index (χ1n) is 9.42. The first kappa shape index (κ1) is 26.5. The summed E-state index contributed by atoms with van der Waals surface area (Å²) < 4.78 is 108. The summed E-state index contributed by atoms with van der Waals surface area (Å²) in [6.45, 7) is 9.56. The van der Waals surface area contributed by atoms with Crippen LogP contribution in [0.3, 0.4) is 0 Å². The Labute approximate surface area is 168 Å². The topological polar surface area (TPSA) is 63.6 Å². The molecule has 1 aliphatic rings. The van der Waals surface area contributed by atoms with E-state index < -0.39 is 62.6 Å². The maximum atomic E-state index is 12.9. The van der Waals surface area contributed by atoms with Crippen LogP contribution in [0.5, 0.6) is 0 Å². The second-order valence-corrected chi connectivity index (χ2v) is 10.9. The Hall–Kier alpha value is -0.550. The second-order valence-electron chi connectivity index (χ2n) is 9.21. The Morgan fingerprint density at radius 2 is 1.48 bits per heavy atom. The van der Waals surface area contributed by atoms with Gasteiger partial charge < -0.3 is 5.11 Å². The molecule has 3 atom stereocenters. The van der Waals surface area contributed by atoms with E-state index >= 15 is 0 Å². The lowest BCUT2D eigenvalue weighted by atomic mass is 9.71. The minimum Gasteiger partial charge on any atom is -0.374 e. The number of hydrogen-bond donors (Lipinski definition) is 1. The van der Waals surface area contributed by atoms with E-state index in [9.17, 15) is 39.9 Å². The van der Waals surface area contributed by atoms with Gasteiger partial charge in [-0.05, 0) is 44.9 Å². The fourth-order valence-corrected chi connectivity index (χ4v) is 6.32. The summed E-state index contributed by atoms with van der Waals surface area (Å²) >= 11 is 0. The first-order chi connectivity index (χ1) is 12.6. The van der Waals surface area contributed by atoms with Crippen LogP contribution in [0.25, 0.3) is 0 Å². The molecule has 0 aromatic carbocycles.